The van der Waals surface area contributed by atoms with Crippen LogP contribution in [0.5, 0.6) is 0 Å². The van der Waals surface area contributed by atoms with Crippen LogP contribution in [0.15, 0.2) is 41.5 Å². The van der Waals surface area contributed by atoms with E-state index in [-0.39, 0.29) is 24.0 Å². The molecule has 1 aromatic carbocycles. The molecule has 1 unspecified atom stereocenters. The van der Waals surface area contributed by atoms with Crippen molar-refractivity contribution in [2.45, 2.75) is 25.4 Å². The maximum absolute atomic E-state index is 12.5. The van der Waals surface area contributed by atoms with E-state index in [2.05, 4.69) is 20.9 Å². The molecule has 4 rings (SSSR count). The smallest absolute Gasteiger partial charge is 0.275 e. The van der Waals surface area contributed by atoms with Crippen LogP contribution < -0.4 is 16.2 Å². The number of piperidine rings is 1. The van der Waals surface area contributed by atoms with Gasteiger partial charge in [0.2, 0.25) is 0 Å². The normalized spacial score (nSPS) is 16.7. The van der Waals surface area contributed by atoms with Crippen LogP contribution in [0.25, 0.3) is 11.0 Å². The molecule has 27 heavy (non-hydrogen) atoms. The second-order valence-electron chi connectivity index (χ2n) is 6.66. The number of rotatable bonds is 3. The maximum atomic E-state index is 12.5. The Kier molecular flexibility index (Phi) is 5.49. The molecule has 1 saturated heterocycles. The van der Waals surface area contributed by atoms with Crippen molar-refractivity contribution in [1.82, 2.24) is 14.5 Å². The van der Waals surface area contributed by atoms with E-state index in [0.717, 1.165) is 30.8 Å². The summed E-state index contributed by atoms with van der Waals surface area (Å²) in [7, 11) is 0. The van der Waals surface area contributed by atoms with Crippen molar-refractivity contribution in [2.75, 3.05) is 18.0 Å². The number of aromatic amines is 1. The number of nitrogens with one attached hydrogen (secondary N) is 1. The lowest BCUT2D eigenvalue weighted by Gasteiger charge is -2.33. The van der Waals surface area contributed by atoms with E-state index in [1.54, 1.807) is 0 Å². The van der Waals surface area contributed by atoms with Gasteiger partial charge in [0.05, 0.1) is 6.33 Å². The van der Waals surface area contributed by atoms with Gasteiger partial charge in [0.25, 0.3) is 5.56 Å². The van der Waals surface area contributed by atoms with Crippen LogP contribution in [0.4, 0.5) is 5.82 Å². The zero-order valence-corrected chi connectivity index (χ0v) is 15.6. The molecule has 8 heteroatoms. The summed E-state index contributed by atoms with van der Waals surface area (Å²) in [6, 6.07) is 12.2. The number of hydrogen-bond acceptors (Lipinski definition) is 5. The van der Waals surface area contributed by atoms with Crippen LogP contribution in [0.3, 0.4) is 0 Å². The number of halogens is 1. The Morgan fingerprint density at radius 2 is 2.11 bits per heavy atom. The third-order valence-electron chi connectivity index (χ3n) is 4.87. The predicted molar refractivity (Wildman–Crippen MR) is 107 cm³/mol. The zero-order chi connectivity index (χ0) is 18.1. The van der Waals surface area contributed by atoms with Crippen LogP contribution in [0, 0.1) is 11.3 Å². The van der Waals surface area contributed by atoms with E-state index in [1.165, 1.54) is 6.33 Å². The van der Waals surface area contributed by atoms with Crippen molar-refractivity contribution < 1.29 is 0 Å². The van der Waals surface area contributed by atoms with Gasteiger partial charge in [-0.05, 0) is 18.4 Å². The summed E-state index contributed by atoms with van der Waals surface area (Å²) in [5.41, 5.74) is 8.30. The van der Waals surface area contributed by atoms with Crippen molar-refractivity contribution >= 4 is 29.3 Å². The molecule has 140 valence electrons. The number of nitrogens with zero attached hydrogens (tertiary/aromatic N) is 4. The third kappa shape index (κ3) is 3.42. The largest absolute Gasteiger partial charge is 0.355 e. The molecule has 0 bridgehead atoms. The van der Waals surface area contributed by atoms with Gasteiger partial charge in [0.15, 0.2) is 0 Å². The third-order valence-corrected chi connectivity index (χ3v) is 4.87. The van der Waals surface area contributed by atoms with Crippen LogP contribution in [-0.4, -0.2) is 33.7 Å². The quantitative estimate of drug-likeness (QED) is 0.718. The number of benzene rings is 1. The summed E-state index contributed by atoms with van der Waals surface area (Å²) < 4.78 is 1.91. The van der Waals surface area contributed by atoms with Gasteiger partial charge in [-0.3, -0.25) is 4.79 Å². The van der Waals surface area contributed by atoms with Crippen molar-refractivity contribution in [3.8, 4) is 6.07 Å². The molecule has 0 radical (unpaired) electrons. The van der Waals surface area contributed by atoms with Crippen LogP contribution >= 0.6 is 12.4 Å². The minimum Gasteiger partial charge on any atom is -0.355 e. The van der Waals surface area contributed by atoms with Gasteiger partial charge in [0.1, 0.15) is 28.5 Å². The Bertz CT molecular complexity index is 1040. The monoisotopic (exact) mass is 384 g/mol. The maximum Gasteiger partial charge on any atom is 0.275 e. The number of nitriles is 1. The molecule has 1 atom stereocenters. The SMILES string of the molecule is Cl.N#Cc1c(N2CCCC(N)C2)n(Cc2ccccc2)c2c(=O)[nH]cnc12. The topological polar surface area (TPSA) is 104 Å². The first-order chi connectivity index (χ1) is 12.7. The number of anilines is 1. The highest BCUT2D eigenvalue weighted by atomic mass is 35.5. The summed E-state index contributed by atoms with van der Waals surface area (Å²) >= 11 is 0. The molecule has 3 heterocycles. The highest BCUT2D eigenvalue weighted by Gasteiger charge is 2.27. The molecular weight excluding hydrogens is 364 g/mol. The van der Waals surface area contributed by atoms with Gasteiger partial charge in [-0.15, -0.1) is 12.4 Å². The highest BCUT2D eigenvalue weighted by Crippen LogP contribution is 2.32. The summed E-state index contributed by atoms with van der Waals surface area (Å²) in [5.74, 6) is 0.741. The first-order valence-corrected chi connectivity index (χ1v) is 8.73. The summed E-state index contributed by atoms with van der Waals surface area (Å²) in [4.78, 5) is 21.6. The average Bonchev–Trinajstić information content (AvgIpc) is 2.97. The standard InChI is InChI=1S/C19H20N6O.ClH/c20-9-15-16-17(18(26)23-12-22-16)25(10-13-5-2-1-3-6-13)19(15)24-8-4-7-14(21)11-24;/h1-3,5-6,12,14H,4,7-8,10-11,21H2,(H,22,23,26);1H. The number of H-pyrrole nitrogens is 1. The van der Waals surface area contributed by atoms with Crippen LogP contribution in [-0.2, 0) is 6.54 Å². The van der Waals surface area contributed by atoms with Crippen molar-refractivity contribution in [1.29, 1.82) is 5.26 Å². The van der Waals surface area contributed by atoms with Crippen molar-refractivity contribution in [3.63, 3.8) is 0 Å². The fourth-order valence-electron chi connectivity index (χ4n) is 3.73. The van der Waals surface area contributed by atoms with Crippen LogP contribution in [0.2, 0.25) is 0 Å². The fraction of sp³-hybridized carbons (Fsp3) is 0.316. The lowest BCUT2D eigenvalue weighted by atomic mass is 10.1. The second kappa shape index (κ2) is 7.82. The summed E-state index contributed by atoms with van der Waals surface area (Å²) in [5, 5.41) is 9.81. The second-order valence-corrected chi connectivity index (χ2v) is 6.66. The number of hydrogen-bond donors (Lipinski definition) is 2. The predicted octanol–water partition coefficient (Wildman–Crippen LogP) is 1.99. The zero-order valence-electron chi connectivity index (χ0n) is 14.8. The van der Waals surface area contributed by atoms with Gasteiger partial charge in [0, 0.05) is 25.7 Å². The van der Waals surface area contributed by atoms with E-state index in [9.17, 15) is 10.1 Å². The number of nitrogens with two attached hydrogens (primary N) is 1. The molecule has 1 aliphatic rings. The molecule has 7 nitrogen and oxygen atoms in total. The fourth-order valence-corrected chi connectivity index (χ4v) is 3.73. The Morgan fingerprint density at radius 1 is 1.33 bits per heavy atom. The van der Waals surface area contributed by atoms with Crippen molar-refractivity contribution in [2.24, 2.45) is 5.73 Å². The minimum atomic E-state index is -0.241. The number of aromatic nitrogens is 3. The lowest BCUT2D eigenvalue weighted by Crippen LogP contribution is -2.44. The van der Waals surface area contributed by atoms with Gasteiger partial charge >= 0.3 is 0 Å². The first kappa shape index (κ1) is 19.0. The van der Waals surface area contributed by atoms with E-state index < -0.39 is 0 Å². The summed E-state index contributed by atoms with van der Waals surface area (Å²) in [6.45, 7) is 1.97. The molecule has 3 aromatic rings. The Balaban J connectivity index is 0.00000210. The van der Waals surface area contributed by atoms with Gasteiger partial charge in [-0.25, -0.2) is 4.98 Å². The van der Waals surface area contributed by atoms with E-state index in [4.69, 9.17) is 5.73 Å². The Morgan fingerprint density at radius 3 is 2.81 bits per heavy atom. The number of fused-ring (bicyclic) bond motifs is 1. The lowest BCUT2D eigenvalue weighted by molar-refractivity contribution is 0.498. The molecule has 1 fully saturated rings. The van der Waals surface area contributed by atoms with E-state index in [1.807, 2.05) is 34.9 Å². The van der Waals surface area contributed by atoms with E-state index in [0.29, 0.717) is 29.7 Å². The molecular formula is C19H21ClN6O. The average molecular weight is 385 g/mol. The van der Waals surface area contributed by atoms with Crippen molar-refractivity contribution in [3.05, 3.63) is 58.1 Å². The molecule has 1 aliphatic heterocycles. The Hall–Kier alpha value is -2.82. The molecule has 2 aromatic heterocycles. The van der Waals surface area contributed by atoms with Gasteiger partial charge < -0.3 is 20.2 Å². The van der Waals surface area contributed by atoms with Gasteiger partial charge in [-0.1, -0.05) is 30.3 Å². The Labute approximate surface area is 162 Å². The van der Waals surface area contributed by atoms with E-state index >= 15 is 0 Å². The molecule has 0 saturated carbocycles. The molecule has 0 spiro atoms. The molecule has 0 aliphatic carbocycles. The highest BCUT2D eigenvalue weighted by molar-refractivity contribution is 5.89. The minimum absolute atomic E-state index is 0. The first-order valence-electron chi connectivity index (χ1n) is 8.73. The van der Waals surface area contributed by atoms with Gasteiger partial charge in [-0.2, -0.15) is 5.26 Å². The summed E-state index contributed by atoms with van der Waals surface area (Å²) in [6.07, 6.45) is 3.28. The van der Waals surface area contributed by atoms with Crippen LogP contribution in [0.1, 0.15) is 24.0 Å². The molecule has 3 N–H and O–H groups in total. The molecule has 0 amide bonds.